The van der Waals surface area contributed by atoms with E-state index in [1.807, 2.05) is 23.6 Å². The number of nitrogen functional groups attached to an aromatic ring is 1. The Morgan fingerprint density at radius 3 is 2.82 bits per heavy atom. The summed E-state index contributed by atoms with van der Waals surface area (Å²) < 4.78 is 6.25. The monoisotopic (exact) mass is 327 g/mol. The lowest BCUT2D eigenvalue weighted by Gasteiger charge is -1.88. The minimum absolute atomic E-state index is 0.461. The van der Waals surface area contributed by atoms with Gasteiger partial charge in [-0.3, -0.25) is 0 Å². The summed E-state index contributed by atoms with van der Waals surface area (Å²) in [5.74, 6) is 1.05. The number of rotatable bonds is 2. The molecule has 0 aliphatic carbocycles. The SMILES string of the molecule is Nc1sccc1-c1nc(-c2ccc(Br)s2)no1. The van der Waals surface area contributed by atoms with Crippen LogP contribution < -0.4 is 5.73 Å². The Labute approximate surface area is 113 Å². The second kappa shape index (κ2) is 4.25. The molecule has 4 nitrogen and oxygen atoms in total. The molecule has 0 spiro atoms. The van der Waals surface area contributed by atoms with Gasteiger partial charge in [-0.05, 0) is 39.5 Å². The van der Waals surface area contributed by atoms with E-state index in [0.29, 0.717) is 16.7 Å². The van der Waals surface area contributed by atoms with Gasteiger partial charge in [-0.15, -0.1) is 22.7 Å². The van der Waals surface area contributed by atoms with Crippen LogP contribution in [0.3, 0.4) is 0 Å². The molecule has 0 unspecified atom stereocenters. The van der Waals surface area contributed by atoms with Crippen LogP contribution in [0.4, 0.5) is 5.00 Å². The van der Waals surface area contributed by atoms with Gasteiger partial charge in [0.2, 0.25) is 5.82 Å². The smallest absolute Gasteiger partial charge is 0.261 e. The molecule has 0 aromatic carbocycles. The second-order valence-corrected chi connectivity index (χ2v) is 6.64. The molecule has 0 amide bonds. The van der Waals surface area contributed by atoms with Crippen molar-refractivity contribution in [3.63, 3.8) is 0 Å². The van der Waals surface area contributed by atoms with Gasteiger partial charge in [-0.25, -0.2) is 0 Å². The molecule has 0 atom stereocenters. The van der Waals surface area contributed by atoms with Crippen LogP contribution in [0.5, 0.6) is 0 Å². The summed E-state index contributed by atoms with van der Waals surface area (Å²) in [6.45, 7) is 0. The van der Waals surface area contributed by atoms with E-state index in [9.17, 15) is 0 Å². The summed E-state index contributed by atoms with van der Waals surface area (Å²) in [7, 11) is 0. The Morgan fingerprint density at radius 2 is 2.18 bits per heavy atom. The maximum atomic E-state index is 5.81. The van der Waals surface area contributed by atoms with Crippen LogP contribution in [-0.2, 0) is 0 Å². The van der Waals surface area contributed by atoms with E-state index < -0.39 is 0 Å². The van der Waals surface area contributed by atoms with Crippen molar-refractivity contribution in [3.8, 4) is 22.2 Å². The molecule has 2 N–H and O–H groups in total. The lowest BCUT2D eigenvalue weighted by molar-refractivity contribution is 0.433. The molecule has 3 aromatic rings. The minimum Gasteiger partial charge on any atom is -0.390 e. The third kappa shape index (κ3) is 2.01. The average Bonchev–Trinajstić information content (AvgIpc) is 2.97. The van der Waals surface area contributed by atoms with Crippen LogP contribution in [0.15, 0.2) is 31.9 Å². The maximum absolute atomic E-state index is 5.81. The number of nitrogens with zero attached hydrogens (tertiary/aromatic N) is 2. The van der Waals surface area contributed by atoms with Crippen LogP contribution in [-0.4, -0.2) is 10.1 Å². The van der Waals surface area contributed by atoms with Gasteiger partial charge in [0.05, 0.1) is 19.2 Å². The van der Waals surface area contributed by atoms with Crippen molar-refractivity contribution in [1.29, 1.82) is 0 Å². The summed E-state index contributed by atoms with van der Waals surface area (Å²) in [5.41, 5.74) is 6.61. The fourth-order valence-electron chi connectivity index (χ4n) is 1.37. The van der Waals surface area contributed by atoms with E-state index in [0.717, 1.165) is 14.2 Å². The first-order chi connectivity index (χ1) is 8.24. The average molecular weight is 328 g/mol. The zero-order chi connectivity index (χ0) is 11.8. The fourth-order valence-corrected chi connectivity index (χ4v) is 3.31. The lowest BCUT2D eigenvalue weighted by Crippen LogP contribution is -1.83. The van der Waals surface area contributed by atoms with Gasteiger partial charge in [0.15, 0.2) is 0 Å². The molecular formula is C10H6BrN3OS2. The third-order valence-electron chi connectivity index (χ3n) is 2.15. The molecule has 0 aliphatic rings. The fraction of sp³-hybridized carbons (Fsp3) is 0. The number of halogens is 1. The molecular weight excluding hydrogens is 322 g/mol. The van der Waals surface area contributed by atoms with Crippen molar-refractivity contribution < 1.29 is 4.52 Å². The van der Waals surface area contributed by atoms with Crippen LogP contribution >= 0.6 is 38.6 Å². The van der Waals surface area contributed by atoms with Gasteiger partial charge in [0, 0.05) is 0 Å². The van der Waals surface area contributed by atoms with E-state index in [-0.39, 0.29) is 0 Å². The third-order valence-corrected chi connectivity index (χ3v) is 4.51. The summed E-state index contributed by atoms with van der Waals surface area (Å²) in [4.78, 5) is 5.29. The number of anilines is 1. The first kappa shape index (κ1) is 10.9. The predicted octanol–water partition coefficient (Wildman–Crippen LogP) is 3.87. The molecule has 0 radical (unpaired) electrons. The normalized spacial score (nSPS) is 10.9. The molecule has 7 heteroatoms. The molecule has 86 valence electrons. The molecule has 3 heterocycles. The van der Waals surface area contributed by atoms with Crippen LogP contribution in [0.1, 0.15) is 0 Å². The minimum atomic E-state index is 0.461. The van der Waals surface area contributed by atoms with Gasteiger partial charge in [-0.1, -0.05) is 5.16 Å². The highest BCUT2D eigenvalue weighted by atomic mass is 79.9. The Hall–Kier alpha value is -1.18. The van der Waals surface area contributed by atoms with Gasteiger partial charge >= 0.3 is 0 Å². The number of nitrogens with two attached hydrogens (primary N) is 1. The topological polar surface area (TPSA) is 64.9 Å². The maximum Gasteiger partial charge on any atom is 0.261 e. The molecule has 17 heavy (non-hydrogen) atoms. The van der Waals surface area contributed by atoms with Crippen molar-refractivity contribution in [3.05, 3.63) is 27.4 Å². The van der Waals surface area contributed by atoms with E-state index in [1.54, 1.807) is 11.3 Å². The summed E-state index contributed by atoms with van der Waals surface area (Å²) >= 11 is 6.41. The van der Waals surface area contributed by atoms with Gasteiger partial charge in [0.1, 0.15) is 0 Å². The summed E-state index contributed by atoms with van der Waals surface area (Å²) in [5, 5.41) is 6.54. The summed E-state index contributed by atoms with van der Waals surface area (Å²) in [6, 6.07) is 5.77. The van der Waals surface area contributed by atoms with E-state index in [4.69, 9.17) is 10.3 Å². The van der Waals surface area contributed by atoms with Gasteiger partial charge < -0.3 is 10.3 Å². The van der Waals surface area contributed by atoms with Gasteiger partial charge in [0.25, 0.3) is 5.89 Å². The quantitative estimate of drug-likeness (QED) is 0.775. The van der Waals surface area contributed by atoms with Gasteiger partial charge in [-0.2, -0.15) is 4.98 Å². The van der Waals surface area contributed by atoms with Crippen LogP contribution in [0.2, 0.25) is 0 Å². The lowest BCUT2D eigenvalue weighted by atomic mass is 10.3. The van der Waals surface area contributed by atoms with Crippen molar-refractivity contribution in [2.45, 2.75) is 0 Å². The van der Waals surface area contributed by atoms with Crippen molar-refractivity contribution in [2.75, 3.05) is 5.73 Å². The molecule has 0 aliphatic heterocycles. The first-order valence-electron chi connectivity index (χ1n) is 4.67. The largest absolute Gasteiger partial charge is 0.390 e. The number of hydrogen-bond donors (Lipinski definition) is 1. The first-order valence-corrected chi connectivity index (χ1v) is 7.16. The predicted molar refractivity (Wildman–Crippen MR) is 73.0 cm³/mol. The Kier molecular flexibility index (Phi) is 2.73. The molecule has 3 aromatic heterocycles. The van der Waals surface area contributed by atoms with Crippen molar-refractivity contribution in [2.24, 2.45) is 0 Å². The Bertz CT molecular complexity index is 658. The Morgan fingerprint density at radius 1 is 1.29 bits per heavy atom. The highest BCUT2D eigenvalue weighted by molar-refractivity contribution is 9.11. The standard InChI is InChI=1S/C10H6BrN3OS2/c11-7-2-1-6(17-7)9-13-10(15-14-9)5-3-4-16-8(5)12/h1-4H,12H2. The molecule has 3 rings (SSSR count). The zero-order valence-corrected chi connectivity index (χ0v) is 11.6. The number of thiophene rings is 2. The molecule has 0 saturated heterocycles. The van der Waals surface area contributed by atoms with Crippen LogP contribution in [0, 0.1) is 0 Å². The van der Waals surface area contributed by atoms with E-state index >= 15 is 0 Å². The number of hydrogen-bond acceptors (Lipinski definition) is 6. The Balaban J connectivity index is 2.01. The van der Waals surface area contributed by atoms with E-state index in [1.165, 1.54) is 11.3 Å². The molecule has 0 fully saturated rings. The van der Waals surface area contributed by atoms with Crippen molar-refractivity contribution in [1.82, 2.24) is 10.1 Å². The summed E-state index contributed by atoms with van der Waals surface area (Å²) in [6.07, 6.45) is 0. The zero-order valence-electron chi connectivity index (χ0n) is 8.38. The van der Waals surface area contributed by atoms with E-state index in [2.05, 4.69) is 26.1 Å². The van der Waals surface area contributed by atoms with Crippen LogP contribution in [0.25, 0.3) is 22.2 Å². The van der Waals surface area contributed by atoms with Crippen molar-refractivity contribution >= 4 is 43.6 Å². The number of aromatic nitrogens is 2. The second-order valence-electron chi connectivity index (χ2n) is 3.23. The highest BCUT2D eigenvalue weighted by Crippen LogP contribution is 2.33. The molecule has 0 saturated carbocycles. The highest BCUT2D eigenvalue weighted by Gasteiger charge is 2.14. The molecule has 0 bridgehead atoms.